The Morgan fingerprint density at radius 2 is 1.86 bits per heavy atom. The van der Waals surface area contributed by atoms with Crippen molar-refractivity contribution in [2.75, 3.05) is 0 Å². The van der Waals surface area contributed by atoms with Crippen LogP contribution in [0.3, 0.4) is 0 Å². The molecule has 1 aliphatic carbocycles. The number of Topliss-reactive ketones (excluding diaryl/α,β-unsaturated/α-hetero) is 1. The molecule has 152 valence electrons. The van der Waals surface area contributed by atoms with Crippen LogP contribution < -0.4 is 4.74 Å². The predicted octanol–water partition coefficient (Wildman–Crippen LogP) is 4.59. The van der Waals surface area contributed by atoms with Crippen LogP contribution in [0.5, 0.6) is 5.75 Å². The van der Waals surface area contributed by atoms with Gasteiger partial charge in [-0.3, -0.25) is 9.59 Å². The van der Waals surface area contributed by atoms with E-state index in [1.165, 1.54) is 6.26 Å². The molecule has 0 bridgehead atoms. The van der Waals surface area contributed by atoms with Gasteiger partial charge in [0.05, 0.1) is 24.0 Å². The summed E-state index contributed by atoms with van der Waals surface area (Å²) >= 11 is 0. The number of aliphatic hydroxyl groups is 1. The summed E-state index contributed by atoms with van der Waals surface area (Å²) in [6.07, 6.45) is 5.25. The first-order valence-corrected chi connectivity index (χ1v) is 10.1. The van der Waals surface area contributed by atoms with Crippen LogP contribution >= 0.6 is 0 Å². The van der Waals surface area contributed by atoms with Crippen molar-refractivity contribution in [3.63, 3.8) is 0 Å². The van der Waals surface area contributed by atoms with Gasteiger partial charge in [-0.15, -0.1) is 0 Å². The summed E-state index contributed by atoms with van der Waals surface area (Å²) in [5.41, 5.74) is 0.842. The summed E-state index contributed by atoms with van der Waals surface area (Å²) in [5.74, 6) is -0.607. The summed E-state index contributed by atoms with van der Waals surface area (Å²) in [7, 11) is 0. The third-order valence-electron chi connectivity index (χ3n) is 5.52. The summed E-state index contributed by atoms with van der Waals surface area (Å²) in [5, 5.41) is 10.7. The zero-order chi connectivity index (χ0) is 20.5. The fraction of sp³-hybridized carbons (Fsp3) is 0.391. The van der Waals surface area contributed by atoms with Crippen molar-refractivity contribution >= 4 is 11.7 Å². The van der Waals surface area contributed by atoms with Crippen molar-refractivity contribution in [2.45, 2.75) is 57.7 Å². The maximum atomic E-state index is 13.1. The number of nitrogens with zero attached hydrogens (tertiary/aromatic N) is 1. The SMILES string of the molecule is CC(C)Oc1ccc(C2C(C(=O)c3ccco3)=C(O)C(=O)N2C2CCCC2)cc1. The average molecular weight is 395 g/mol. The second-order valence-electron chi connectivity index (χ2n) is 7.86. The Kier molecular flexibility index (Phi) is 5.18. The second kappa shape index (κ2) is 7.78. The van der Waals surface area contributed by atoms with Crippen LogP contribution in [0.2, 0.25) is 0 Å². The smallest absolute Gasteiger partial charge is 0.290 e. The summed E-state index contributed by atoms with van der Waals surface area (Å²) in [6.45, 7) is 3.90. The quantitative estimate of drug-likeness (QED) is 0.724. The fourth-order valence-corrected chi connectivity index (χ4v) is 4.28. The van der Waals surface area contributed by atoms with Crippen LogP contribution in [-0.2, 0) is 4.79 Å². The van der Waals surface area contributed by atoms with Crippen molar-refractivity contribution in [3.8, 4) is 5.75 Å². The number of amides is 1. The van der Waals surface area contributed by atoms with E-state index in [1.807, 2.05) is 38.1 Å². The molecule has 29 heavy (non-hydrogen) atoms. The lowest BCUT2D eigenvalue weighted by Gasteiger charge is -2.32. The van der Waals surface area contributed by atoms with Crippen molar-refractivity contribution in [1.82, 2.24) is 4.90 Å². The van der Waals surface area contributed by atoms with Gasteiger partial charge in [-0.1, -0.05) is 25.0 Å². The molecule has 0 radical (unpaired) electrons. The molecule has 0 saturated heterocycles. The second-order valence-corrected chi connectivity index (χ2v) is 7.86. The van der Waals surface area contributed by atoms with Gasteiger partial charge in [0, 0.05) is 6.04 Å². The van der Waals surface area contributed by atoms with Crippen LogP contribution in [0.1, 0.15) is 61.7 Å². The lowest BCUT2D eigenvalue weighted by atomic mass is 9.94. The Labute approximate surface area is 169 Å². The maximum Gasteiger partial charge on any atom is 0.290 e. The van der Waals surface area contributed by atoms with Crippen molar-refractivity contribution in [3.05, 3.63) is 65.3 Å². The Bertz CT molecular complexity index is 921. The first-order valence-electron chi connectivity index (χ1n) is 10.1. The molecule has 2 aromatic rings. The van der Waals surface area contributed by atoms with Gasteiger partial charge < -0.3 is 19.2 Å². The molecule has 6 heteroatoms. The first-order chi connectivity index (χ1) is 14.0. The largest absolute Gasteiger partial charge is 0.503 e. The van der Waals surface area contributed by atoms with E-state index in [9.17, 15) is 14.7 Å². The molecule has 0 spiro atoms. The molecule has 1 fully saturated rings. The molecule has 1 saturated carbocycles. The highest BCUT2D eigenvalue weighted by molar-refractivity contribution is 6.15. The molecular weight excluding hydrogens is 370 g/mol. The van der Waals surface area contributed by atoms with E-state index in [0.717, 1.165) is 31.2 Å². The number of carbonyl (C=O) groups excluding carboxylic acids is 2. The van der Waals surface area contributed by atoms with Gasteiger partial charge in [0.15, 0.2) is 11.5 Å². The molecule has 2 aliphatic rings. The van der Waals surface area contributed by atoms with Crippen molar-refractivity contribution in [1.29, 1.82) is 0 Å². The molecular formula is C23H25NO5. The van der Waals surface area contributed by atoms with Gasteiger partial charge in [0.1, 0.15) is 5.75 Å². The van der Waals surface area contributed by atoms with E-state index in [1.54, 1.807) is 17.0 Å². The van der Waals surface area contributed by atoms with Crippen molar-refractivity contribution in [2.24, 2.45) is 0 Å². The highest BCUT2D eigenvalue weighted by atomic mass is 16.5. The van der Waals surface area contributed by atoms with Gasteiger partial charge in [-0.25, -0.2) is 0 Å². The molecule has 1 aromatic heterocycles. The van der Waals surface area contributed by atoms with E-state index in [-0.39, 0.29) is 23.5 Å². The number of carbonyl (C=O) groups is 2. The number of hydrogen-bond donors (Lipinski definition) is 1. The molecule has 1 unspecified atom stereocenters. The lowest BCUT2D eigenvalue weighted by molar-refractivity contribution is -0.131. The number of aliphatic hydroxyl groups excluding tert-OH is 1. The van der Waals surface area contributed by atoms with Crippen LogP contribution in [0, 0.1) is 0 Å². The Balaban J connectivity index is 1.75. The number of furan rings is 1. The molecule has 1 aromatic carbocycles. The van der Waals surface area contributed by atoms with Gasteiger partial charge in [0.25, 0.3) is 5.91 Å². The van der Waals surface area contributed by atoms with Gasteiger partial charge in [-0.2, -0.15) is 0 Å². The molecule has 4 rings (SSSR count). The Morgan fingerprint density at radius 3 is 2.45 bits per heavy atom. The zero-order valence-corrected chi connectivity index (χ0v) is 16.6. The standard InChI is InChI=1S/C23H25NO5/c1-14(2)29-17-11-9-15(10-12-17)20-19(21(25)18-8-5-13-28-18)22(26)23(27)24(20)16-6-3-4-7-16/h5,8-14,16,20,26H,3-4,6-7H2,1-2H3. The lowest BCUT2D eigenvalue weighted by Crippen LogP contribution is -2.38. The monoisotopic (exact) mass is 395 g/mol. The highest BCUT2D eigenvalue weighted by Crippen LogP contribution is 2.43. The van der Waals surface area contributed by atoms with Crippen molar-refractivity contribution < 1.29 is 23.8 Å². The molecule has 6 nitrogen and oxygen atoms in total. The minimum absolute atomic E-state index is 0.00291. The average Bonchev–Trinajstić information content (AvgIpc) is 3.44. The fourth-order valence-electron chi connectivity index (χ4n) is 4.28. The molecule has 1 N–H and O–H groups in total. The van der Waals surface area contributed by atoms with E-state index < -0.39 is 23.5 Å². The third-order valence-corrected chi connectivity index (χ3v) is 5.52. The van der Waals surface area contributed by atoms with E-state index in [2.05, 4.69) is 0 Å². The van der Waals surface area contributed by atoms with E-state index in [0.29, 0.717) is 5.75 Å². The molecule has 1 aliphatic heterocycles. The van der Waals surface area contributed by atoms with Crippen LogP contribution in [0.25, 0.3) is 0 Å². The van der Waals surface area contributed by atoms with Gasteiger partial charge in [0.2, 0.25) is 5.78 Å². The minimum Gasteiger partial charge on any atom is -0.503 e. The predicted molar refractivity (Wildman–Crippen MR) is 107 cm³/mol. The number of ketones is 1. The topological polar surface area (TPSA) is 80.0 Å². The zero-order valence-electron chi connectivity index (χ0n) is 16.6. The van der Waals surface area contributed by atoms with Crippen LogP contribution in [0.4, 0.5) is 0 Å². The number of benzene rings is 1. The number of rotatable bonds is 6. The number of hydrogen-bond acceptors (Lipinski definition) is 5. The molecule has 1 atom stereocenters. The van der Waals surface area contributed by atoms with E-state index >= 15 is 0 Å². The molecule has 1 amide bonds. The number of ether oxygens (including phenoxy) is 1. The highest BCUT2D eigenvalue weighted by Gasteiger charge is 2.47. The maximum absolute atomic E-state index is 13.1. The van der Waals surface area contributed by atoms with Crippen LogP contribution in [-0.4, -0.2) is 33.8 Å². The summed E-state index contributed by atoms with van der Waals surface area (Å²) in [4.78, 5) is 27.8. The first kappa shape index (κ1) is 19.3. The molecule has 2 heterocycles. The van der Waals surface area contributed by atoms with Gasteiger partial charge >= 0.3 is 0 Å². The Morgan fingerprint density at radius 1 is 1.17 bits per heavy atom. The van der Waals surface area contributed by atoms with Crippen LogP contribution in [0.15, 0.2) is 58.4 Å². The minimum atomic E-state index is -0.642. The van der Waals surface area contributed by atoms with E-state index in [4.69, 9.17) is 9.15 Å². The Hall–Kier alpha value is -3.02. The third kappa shape index (κ3) is 3.55. The summed E-state index contributed by atoms with van der Waals surface area (Å²) in [6, 6.07) is 9.89. The summed E-state index contributed by atoms with van der Waals surface area (Å²) < 4.78 is 11.0. The van der Waals surface area contributed by atoms with Gasteiger partial charge in [-0.05, 0) is 56.5 Å². The normalized spacial score (nSPS) is 20.2.